The van der Waals surface area contributed by atoms with Crippen molar-refractivity contribution in [2.45, 2.75) is 45.3 Å². The monoisotopic (exact) mass is 296 g/mol. The Morgan fingerprint density at radius 1 is 1.36 bits per heavy atom. The van der Waals surface area contributed by atoms with Gasteiger partial charge < -0.3 is 9.73 Å². The van der Waals surface area contributed by atoms with Crippen molar-refractivity contribution >= 4 is 11.0 Å². The summed E-state index contributed by atoms with van der Waals surface area (Å²) in [7, 11) is 0. The SMILES string of the molecule is CCc1oc2ccccc2c1CNC1CCc2ncnn2C1. The molecule has 0 fully saturated rings. The third kappa shape index (κ3) is 2.31. The first-order valence-corrected chi connectivity index (χ1v) is 7.94. The van der Waals surface area contributed by atoms with Crippen LogP contribution in [0.25, 0.3) is 11.0 Å². The molecule has 5 nitrogen and oxygen atoms in total. The number of furan rings is 1. The Morgan fingerprint density at radius 3 is 3.18 bits per heavy atom. The minimum Gasteiger partial charge on any atom is -0.461 e. The molecular formula is C17H20N4O. The van der Waals surface area contributed by atoms with Crippen LogP contribution in [-0.4, -0.2) is 20.8 Å². The molecule has 2 aromatic heterocycles. The number of aryl methyl sites for hydroxylation is 2. The molecule has 1 N–H and O–H groups in total. The highest BCUT2D eigenvalue weighted by atomic mass is 16.3. The van der Waals surface area contributed by atoms with Crippen LogP contribution in [0.4, 0.5) is 0 Å². The fourth-order valence-electron chi connectivity index (χ4n) is 3.28. The van der Waals surface area contributed by atoms with Gasteiger partial charge in [-0.3, -0.25) is 0 Å². The molecule has 114 valence electrons. The van der Waals surface area contributed by atoms with E-state index in [4.69, 9.17) is 4.42 Å². The molecule has 0 radical (unpaired) electrons. The summed E-state index contributed by atoms with van der Waals surface area (Å²) in [5.41, 5.74) is 2.28. The van der Waals surface area contributed by atoms with E-state index in [9.17, 15) is 0 Å². The standard InChI is InChI=1S/C17H20N4O/c1-2-15-14(13-5-3-4-6-16(13)22-15)9-18-12-7-8-17-19-11-20-21(17)10-12/h3-6,11-12,18H,2,7-10H2,1H3. The van der Waals surface area contributed by atoms with E-state index in [2.05, 4.69) is 34.5 Å². The smallest absolute Gasteiger partial charge is 0.138 e. The zero-order valence-electron chi connectivity index (χ0n) is 12.7. The molecule has 4 rings (SSSR count). The van der Waals surface area contributed by atoms with Crippen LogP contribution in [0.5, 0.6) is 0 Å². The number of hydrogen-bond acceptors (Lipinski definition) is 4. The van der Waals surface area contributed by atoms with Crippen LogP contribution < -0.4 is 5.32 Å². The second kappa shape index (κ2) is 5.57. The topological polar surface area (TPSA) is 55.9 Å². The van der Waals surface area contributed by atoms with Gasteiger partial charge in [0.1, 0.15) is 23.5 Å². The van der Waals surface area contributed by atoms with E-state index in [1.807, 2.05) is 16.8 Å². The van der Waals surface area contributed by atoms with Crippen LogP contribution in [0.15, 0.2) is 35.0 Å². The first-order chi connectivity index (χ1) is 10.8. The molecule has 22 heavy (non-hydrogen) atoms. The zero-order chi connectivity index (χ0) is 14.9. The summed E-state index contributed by atoms with van der Waals surface area (Å²) in [6.45, 7) is 3.88. The lowest BCUT2D eigenvalue weighted by Gasteiger charge is -2.23. The minimum absolute atomic E-state index is 0.438. The van der Waals surface area contributed by atoms with Gasteiger partial charge in [0, 0.05) is 36.4 Å². The lowest BCUT2D eigenvalue weighted by molar-refractivity contribution is 0.357. The highest BCUT2D eigenvalue weighted by Gasteiger charge is 2.20. The van der Waals surface area contributed by atoms with Crippen molar-refractivity contribution in [1.82, 2.24) is 20.1 Å². The number of aromatic nitrogens is 3. The van der Waals surface area contributed by atoms with Crippen molar-refractivity contribution in [3.05, 3.63) is 47.7 Å². The van der Waals surface area contributed by atoms with Crippen LogP contribution in [-0.2, 0) is 25.9 Å². The first-order valence-electron chi connectivity index (χ1n) is 7.94. The van der Waals surface area contributed by atoms with Gasteiger partial charge in [-0.2, -0.15) is 5.10 Å². The van der Waals surface area contributed by atoms with E-state index < -0.39 is 0 Å². The van der Waals surface area contributed by atoms with Gasteiger partial charge in [-0.25, -0.2) is 9.67 Å². The number of benzene rings is 1. The lowest BCUT2D eigenvalue weighted by atomic mass is 10.1. The molecule has 0 spiro atoms. The number of fused-ring (bicyclic) bond motifs is 2. The number of para-hydroxylation sites is 1. The summed E-state index contributed by atoms with van der Waals surface area (Å²) < 4.78 is 7.97. The Labute approximate surface area is 129 Å². The van der Waals surface area contributed by atoms with E-state index in [1.54, 1.807) is 6.33 Å². The largest absolute Gasteiger partial charge is 0.461 e. The van der Waals surface area contributed by atoms with E-state index in [1.165, 1.54) is 10.9 Å². The van der Waals surface area contributed by atoms with Gasteiger partial charge >= 0.3 is 0 Å². The third-order valence-corrected chi connectivity index (χ3v) is 4.48. The fraction of sp³-hybridized carbons (Fsp3) is 0.412. The Balaban J connectivity index is 1.52. The van der Waals surface area contributed by atoms with E-state index >= 15 is 0 Å². The average molecular weight is 296 g/mol. The van der Waals surface area contributed by atoms with Gasteiger partial charge in [-0.1, -0.05) is 25.1 Å². The van der Waals surface area contributed by atoms with Crippen LogP contribution in [0.3, 0.4) is 0 Å². The summed E-state index contributed by atoms with van der Waals surface area (Å²) >= 11 is 0. The maximum Gasteiger partial charge on any atom is 0.138 e. The normalized spacial score (nSPS) is 17.8. The molecular weight excluding hydrogens is 276 g/mol. The van der Waals surface area contributed by atoms with Crippen molar-refractivity contribution in [3.8, 4) is 0 Å². The second-order valence-corrected chi connectivity index (χ2v) is 5.83. The Hall–Kier alpha value is -2.14. The number of nitrogens with zero attached hydrogens (tertiary/aromatic N) is 3. The van der Waals surface area contributed by atoms with E-state index in [-0.39, 0.29) is 0 Å². The quantitative estimate of drug-likeness (QED) is 0.804. The van der Waals surface area contributed by atoms with Crippen LogP contribution in [0.2, 0.25) is 0 Å². The third-order valence-electron chi connectivity index (χ3n) is 4.48. The summed E-state index contributed by atoms with van der Waals surface area (Å²) in [5.74, 6) is 2.19. The molecule has 3 heterocycles. The molecule has 0 saturated heterocycles. The molecule has 1 unspecified atom stereocenters. The lowest BCUT2D eigenvalue weighted by Crippen LogP contribution is -2.37. The van der Waals surface area contributed by atoms with Gasteiger partial charge in [0.2, 0.25) is 0 Å². The number of rotatable bonds is 4. The highest BCUT2D eigenvalue weighted by molar-refractivity contribution is 5.82. The Kier molecular flexibility index (Phi) is 3.42. The van der Waals surface area contributed by atoms with Crippen LogP contribution >= 0.6 is 0 Å². The zero-order valence-corrected chi connectivity index (χ0v) is 12.7. The molecule has 1 aromatic carbocycles. The predicted octanol–water partition coefficient (Wildman–Crippen LogP) is 2.69. The van der Waals surface area contributed by atoms with Gasteiger partial charge in [0.05, 0.1) is 6.54 Å². The summed E-state index contributed by atoms with van der Waals surface area (Å²) in [6, 6.07) is 8.72. The van der Waals surface area contributed by atoms with Crippen molar-refractivity contribution in [1.29, 1.82) is 0 Å². The van der Waals surface area contributed by atoms with Crippen molar-refractivity contribution in [3.63, 3.8) is 0 Å². The van der Waals surface area contributed by atoms with Gasteiger partial charge in [-0.05, 0) is 12.5 Å². The van der Waals surface area contributed by atoms with Crippen LogP contribution in [0.1, 0.15) is 30.5 Å². The molecule has 1 aliphatic rings. The van der Waals surface area contributed by atoms with E-state index in [0.29, 0.717) is 6.04 Å². The predicted molar refractivity (Wildman–Crippen MR) is 84.6 cm³/mol. The highest BCUT2D eigenvalue weighted by Crippen LogP contribution is 2.26. The van der Waals surface area contributed by atoms with Gasteiger partial charge in [0.15, 0.2) is 0 Å². The number of nitrogens with one attached hydrogen (secondary N) is 1. The summed E-state index contributed by atoms with van der Waals surface area (Å²) in [4.78, 5) is 4.28. The summed E-state index contributed by atoms with van der Waals surface area (Å²) in [6.07, 6.45) is 4.67. The molecule has 0 bridgehead atoms. The van der Waals surface area contributed by atoms with E-state index in [0.717, 1.165) is 49.5 Å². The summed E-state index contributed by atoms with van der Waals surface area (Å²) in [5, 5.41) is 9.18. The maximum atomic E-state index is 5.96. The molecule has 5 heteroatoms. The van der Waals surface area contributed by atoms with Gasteiger partial charge in [0.25, 0.3) is 0 Å². The minimum atomic E-state index is 0.438. The maximum absolute atomic E-state index is 5.96. The second-order valence-electron chi connectivity index (χ2n) is 5.83. The fourth-order valence-corrected chi connectivity index (χ4v) is 3.28. The Bertz CT molecular complexity index is 789. The molecule has 1 atom stereocenters. The van der Waals surface area contributed by atoms with Crippen molar-refractivity contribution in [2.75, 3.05) is 0 Å². The first kappa shape index (κ1) is 13.5. The van der Waals surface area contributed by atoms with Gasteiger partial charge in [-0.15, -0.1) is 0 Å². The molecule has 0 aliphatic carbocycles. The molecule has 0 amide bonds. The van der Waals surface area contributed by atoms with Crippen molar-refractivity contribution < 1.29 is 4.42 Å². The average Bonchev–Trinajstić information content (AvgIpc) is 3.16. The van der Waals surface area contributed by atoms with Crippen molar-refractivity contribution in [2.24, 2.45) is 0 Å². The Morgan fingerprint density at radius 2 is 2.27 bits per heavy atom. The molecule has 1 aliphatic heterocycles. The molecule has 0 saturated carbocycles. The number of hydrogen-bond donors (Lipinski definition) is 1. The molecule has 3 aromatic rings. The van der Waals surface area contributed by atoms with Crippen LogP contribution in [0, 0.1) is 0 Å².